The van der Waals surface area contributed by atoms with Crippen LogP contribution in [0.5, 0.6) is 0 Å². The molecule has 1 heterocycles. The molecule has 2 aliphatic rings. The first-order chi connectivity index (χ1) is 13.6. The fraction of sp³-hybridized carbons (Fsp3) is 0.632. The second kappa shape index (κ2) is 8.87. The fourth-order valence-electron chi connectivity index (χ4n) is 4.18. The van der Waals surface area contributed by atoms with E-state index in [9.17, 15) is 18.3 Å². The number of carboxylic acid groups (broad SMARTS) is 1. The van der Waals surface area contributed by atoms with E-state index < -0.39 is 28.2 Å². The van der Waals surface area contributed by atoms with Gasteiger partial charge in [-0.1, -0.05) is 23.7 Å². The van der Waals surface area contributed by atoms with Gasteiger partial charge in [0.05, 0.1) is 15.7 Å². The van der Waals surface area contributed by atoms with Crippen molar-refractivity contribution >= 4 is 27.4 Å². The largest absolute Gasteiger partial charge is 0.478 e. The van der Waals surface area contributed by atoms with Crippen molar-refractivity contribution in [2.45, 2.75) is 62.0 Å². The van der Waals surface area contributed by atoms with Crippen LogP contribution in [0.3, 0.4) is 0 Å². The average molecular weight is 446 g/mol. The van der Waals surface area contributed by atoms with E-state index in [2.05, 4.69) is 10.2 Å². The maximum atomic E-state index is 13.1. The second-order valence-electron chi connectivity index (χ2n) is 7.96. The van der Waals surface area contributed by atoms with E-state index in [1.807, 2.05) is 14.1 Å². The molecule has 1 aromatic rings. The Morgan fingerprint density at radius 1 is 1.31 bits per heavy atom. The van der Waals surface area contributed by atoms with Crippen molar-refractivity contribution in [2.24, 2.45) is 0 Å². The summed E-state index contributed by atoms with van der Waals surface area (Å²) in [6.07, 6.45) is 1.46. The molecule has 0 radical (unpaired) electrons. The Bertz CT molecular complexity index is 835. The van der Waals surface area contributed by atoms with E-state index in [0.29, 0.717) is 11.6 Å². The molecule has 2 N–H and O–H groups in total. The Labute approximate surface area is 176 Å². The second-order valence-corrected chi connectivity index (χ2v) is 10.3. The van der Waals surface area contributed by atoms with Gasteiger partial charge < -0.3 is 10.0 Å². The monoisotopic (exact) mass is 445 g/mol. The molecule has 1 aromatic carbocycles. The normalized spacial score (nSPS) is 28.7. The van der Waals surface area contributed by atoms with Gasteiger partial charge in [-0.25, -0.2) is 13.2 Å². The SMILES string of the molecule is Cc1cccc(Cl)c1S(=O)(=O)CC1NC(C(=O)O)ON1C1CCC(N(C)C)CC1. The summed E-state index contributed by atoms with van der Waals surface area (Å²) in [7, 11) is 0.317. The number of nitrogens with one attached hydrogen (secondary N) is 1. The van der Waals surface area contributed by atoms with E-state index in [1.165, 1.54) is 0 Å². The van der Waals surface area contributed by atoms with Gasteiger partial charge in [-0.3, -0.25) is 10.2 Å². The molecule has 3 rings (SSSR count). The number of nitrogens with zero attached hydrogens (tertiary/aromatic N) is 2. The standard InChI is InChI=1S/C19H28ClN3O5S/c1-12-5-4-6-15(20)17(12)29(26,27)11-16-21-18(19(24)25)28-23(16)14-9-7-13(8-10-14)22(2)3/h4-6,13-14,16,18,21H,7-11H2,1-3H3,(H,24,25). The zero-order valence-electron chi connectivity index (χ0n) is 16.8. The zero-order chi connectivity index (χ0) is 21.3. The number of hydrogen-bond acceptors (Lipinski definition) is 7. The maximum absolute atomic E-state index is 13.1. The lowest BCUT2D eigenvalue weighted by Crippen LogP contribution is -2.49. The molecule has 162 valence electrons. The van der Waals surface area contributed by atoms with Gasteiger partial charge in [-0.05, 0) is 58.3 Å². The number of hydroxylamine groups is 2. The van der Waals surface area contributed by atoms with Gasteiger partial charge in [0, 0.05) is 12.1 Å². The number of halogens is 1. The first-order valence-corrected chi connectivity index (χ1v) is 11.7. The van der Waals surface area contributed by atoms with Crippen molar-refractivity contribution in [1.82, 2.24) is 15.3 Å². The summed E-state index contributed by atoms with van der Waals surface area (Å²) < 4.78 is 26.2. The number of benzene rings is 1. The van der Waals surface area contributed by atoms with E-state index in [4.69, 9.17) is 16.4 Å². The van der Waals surface area contributed by atoms with Crippen LogP contribution in [0.25, 0.3) is 0 Å². The Hall–Kier alpha value is -1.23. The van der Waals surface area contributed by atoms with Crippen LogP contribution in [0.2, 0.25) is 5.02 Å². The average Bonchev–Trinajstić information content (AvgIpc) is 3.04. The lowest BCUT2D eigenvalue weighted by Gasteiger charge is -2.37. The highest BCUT2D eigenvalue weighted by molar-refractivity contribution is 7.91. The molecule has 1 saturated heterocycles. The summed E-state index contributed by atoms with van der Waals surface area (Å²) in [4.78, 5) is 19.4. The Kier molecular flexibility index (Phi) is 6.87. The minimum absolute atomic E-state index is 0.0457. The van der Waals surface area contributed by atoms with Crippen LogP contribution >= 0.6 is 11.6 Å². The first kappa shape index (κ1) is 22.5. The van der Waals surface area contributed by atoms with Crippen molar-refractivity contribution < 1.29 is 23.2 Å². The number of carboxylic acids is 1. The van der Waals surface area contributed by atoms with Gasteiger partial charge in [-0.15, -0.1) is 0 Å². The van der Waals surface area contributed by atoms with E-state index >= 15 is 0 Å². The number of carbonyl (C=O) groups is 1. The first-order valence-electron chi connectivity index (χ1n) is 9.68. The molecular weight excluding hydrogens is 418 g/mol. The molecule has 2 unspecified atom stereocenters. The van der Waals surface area contributed by atoms with Crippen LogP contribution in [0, 0.1) is 6.92 Å². The Morgan fingerprint density at radius 3 is 2.52 bits per heavy atom. The van der Waals surface area contributed by atoms with Crippen LogP contribution < -0.4 is 5.32 Å². The lowest BCUT2D eigenvalue weighted by molar-refractivity contribution is -0.204. The predicted octanol–water partition coefficient (Wildman–Crippen LogP) is 1.87. The highest BCUT2D eigenvalue weighted by Crippen LogP contribution is 2.32. The van der Waals surface area contributed by atoms with Gasteiger partial charge >= 0.3 is 5.97 Å². The summed E-state index contributed by atoms with van der Waals surface area (Å²) in [6, 6.07) is 5.35. The molecule has 2 fully saturated rings. The molecule has 1 aliphatic heterocycles. The van der Waals surface area contributed by atoms with Gasteiger partial charge in [0.25, 0.3) is 0 Å². The van der Waals surface area contributed by atoms with Gasteiger partial charge in [0.15, 0.2) is 9.84 Å². The predicted molar refractivity (Wildman–Crippen MR) is 109 cm³/mol. The van der Waals surface area contributed by atoms with Crippen LogP contribution in [0.4, 0.5) is 0 Å². The Balaban J connectivity index is 1.81. The Morgan fingerprint density at radius 2 is 1.97 bits per heavy atom. The van der Waals surface area contributed by atoms with Crippen molar-refractivity contribution in [1.29, 1.82) is 0 Å². The summed E-state index contributed by atoms with van der Waals surface area (Å²) in [5.74, 6) is -1.50. The minimum atomic E-state index is -3.77. The summed E-state index contributed by atoms with van der Waals surface area (Å²) in [5, 5.41) is 13.9. The number of aryl methyl sites for hydroxylation is 1. The smallest absolute Gasteiger partial charge is 0.350 e. The number of hydrogen-bond donors (Lipinski definition) is 2. The molecule has 8 nitrogen and oxygen atoms in total. The fourth-order valence-corrected chi connectivity index (χ4v) is 6.51. The highest BCUT2D eigenvalue weighted by Gasteiger charge is 2.44. The van der Waals surface area contributed by atoms with Crippen LogP contribution in [-0.2, 0) is 19.5 Å². The summed E-state index contributed by atoms with van der Waals surface area (Å²) in [5.41, 5.74) is 0.559. The molecule has 2 atom stereocenters. The molecule has 29 heavy (non-hydrogen) atoms. The van der Waals surface area contributed by atoms with Crippen LogP contribution in [0.15, 0.2) is 23.1 Å². The molecule has 0 spiro atoms. The molecular formula is C19H28ClN3O5S. The molecule has 0 aromatic heterocycles. The van der Waals surface area contributed by atoms with E-state index in [-0.39, 0.29) is 21.7 Å². The zero-order valence-corrected chi connectivity index (χ0v) is 18.4. The molecule has 0 bridgehead atoms. The van der Waals surface area contributed by atoms with Crippen molar-refractivity contribution in [3.05, 3.63) is 28.8 Å². The van der Waals surface area contributed by atoms with Gasteiger partial charge in [0.1, 0.15) is 6.17 Å². The minimum Gasteiger partial charge on any atom is -0.478 e. The number of sulfone groups is 1. The summed E-state index contributed by atoms with van der Waals surface area (Å²) >= 11 is 6.17. The van der Waals surface area contributed by atoms with Crippen LogP contribution in [0.1, 0.15) is 31.2 Å². The molecule has 1 saturated carbocycles. The quantitative estimate of drug-likeness (QED) is 0.684. The third-order valence-corrected chi connectivity index (χ3v) is 8.06. The lowest BCUT2D eigenvalue weighted by atomic mass is 9.90. The maximum Gasteiger partial charge on any atom is 0.350 e. The van der Waals surface area contributed by atoms with Crippen molar-refractivity contribution in [3.8, 4) is 0 Å². The molecule has 10 heteroatoms. The number of rotatable bonds is 6. The highest BCUT2D eigenvalue weighted by atomic mass is 35.5. The van der Waals surface area contributed by atoms with Crippen molar-refractivity contribution in [3.63, 3.8) is 0 Å². The topological polar surface area (TPSA) is 99.2 Å². The molecule has 0 amide bonds. The number of aliphatic carboxylic acids is 1. The van der Waals surface area contributed by atoms with E-state index in [0.717, 1.165) is 25.7 Å². The molecule has 1 aliphatic carbocycles. The van der Waals surface area contributed by atoms with Crippen LogP contribution in [-0.4, -0.2) is 73.8 Å². The van der Waals surface area contributed by atoms with Gasteiger partial charge in [-0.2, -0.15) is 5.06 Å². The van der Waals surface area contributed by atoms with Crippen molar-refractivity contribution in [2.75, 3.05) is 19.8 Å². The van der Waals surface area contributed by atoms with E-state index in [1.54, 1.807) is 30.2 Å². The third kappa shape index (κ3) is 4.92. The van der Waals surface area contributed by atoms with Gasteiger partial charge in [0.2, 0.25) is 6.23 Å². The third-order valence-electron chi connectivity index (χ3n) is 5.71. The summed E-state index contributed by atoms with van der Waals surface area (Å²) in [6.45, 7) is 1.69.